The SMILES string of the molecule is Oc1ccccc1N1CC[NH+](Cc2c(Cl)cccc2Cl)CC1. The molecule has 5 heteroatoms. The Kier molecular flexibility index (Phi) is 4.77. The predicted octanol–water partition coefficient (Wildman–Crippen LogP) is 2.60. The molecule has 0 unspecified atom stereocenters. The third-order valence-corrected chi connectivity index (χ3v) is 4.89. The molecule has 2 N–H and O–H groups in total. The summed E-state index contributed by atoms with van der Waals surface area (Å²) >= 11 is 12.5. The second kappa shape index (κ2) is 6.78. The van der Waals surface area contributed by atoms with Gasteiger partial charge in [-0.3, -0.25) is 0 Å². The maximum absolute atomic E-state index is 9.95. The van der Waals surface area contributed by atoms with Crippen LogP contribution in [0.2, 0.25) is 10.0 Å². The summed E-state index contributed by atoms with van der Waals surface area (Å²) in [6.07, 6.45) is 0. The van der Waals surface area contributed by atoms with Crippen LogP contribution >= 0.6 is 23.2 Å². The fourth-order valence-corrected chi connectivity index (χ4v) is 3.45. The third-order valence-electron chi connectivity index (χ3n) is 4.18. The van der Waals surface area contributed by atoms with Crippen LogP contribution in [-0.2, 0) is 6.54 Å². The summed E-state index contributed by atoms with van der Waals surface area (Å²) in [5, 5.41) is 11.4. The molecule has 0 radical (unpaired) electrons. The maximum atomic E-state index is 9.95. The number of piperazine rings is 1. The molecule has 2 aromatic rings. The molecular weight excluding hydrogens is 319 g/mol. The summed E-state index contributed by atoms with van der Waals surface area (Å²) in [5.74, 6) is 0.347. The summed E-state index contributed by atoms with van der Waals surface area (Å²) in [7, 11) is 0. The topological polar surface area (TPSA) is 27.9 Å². The first-order valence-electron chi connectivity index (χ1n) is 7.44. The van der Waals surface area contributed by atoms with Crippen LogP contribution in [0.25, 0.3) is 0 Å². The Hall–Kier alpha value is -1.42. The van der Waals surface area contributed by atoms with Crippen molar-refractivity contribution < 1.29 is 10.0 Å². The standard InChI is InChI=1S/C17H18Cl2N2O/c18-14-4-3-5-15(19)13(14)12-20-8-10-21(11-9-20)16-6-1-2-7-17(16)22/h1-7,22H,8-12H2/p+1. The molecule has 3 rings (SSSR count). The van der Waals surface area contributed by atoms with Crippen LogP contribution in [0.3, 0.4) is 0 Å². The molecule has 1 heterocycles. The molecule has 0 saturated carbocycles. The Morgan fingerprint density at radius 1 is 0.955 bits per heavy atom. The highest BCUT2D eigenvalue weighted by molar-refractivity contribution is 6.35. The van der Waals surface area contributed by atoms with Gasteiger partial charge in [0, 0.05) is 5.56 Å². The number of para-hydroxylation sites is 2. The molecule has 0 spiro atoms. The van der Waals surface area contributed by atoms with Crippen molar-refractivity contribution in [1.29, 1.82) is 0 Å². The van der Waals surface area contributed by atoms with E-state index in [1.165, 1.54) is 4.90 Å². The lowest BCUT2D eigenvalue weighted by molar-refractivity contribution is -0.914. The second-order valence-corrected chi connectivity index (χ2v) is 6.42. The fourth-order valence-electron chi connectivity index (χ4n) is 2.92. The first kappa shape index (κ1) is 15.5. The van der Waals surface area contributed by atoms with Gasteiger partial charge in [-0.25, -0.2) is 0 Å². The number of hydrogen-bond donors (Lipinski definition) is 2. The zero-order chi connectivity index (χ0) is 15.5. The van der Waals surface area contributed by atoms with Crippen LogP contribution < -0.4 is 9.80 Å². The summed E-state index contributed by atoms with van der Waals surface area (Å²) in [6.45, 7) is 4.66. The van der Waals surface area contributed by atoms with Gasteiger partial charge in [-0.15, -0.1) is 0 Å². The highest BCUT2D eigenvalue weighted by Gasteiger charge is 2.23. The number of rotatable bonds is 3. The van der Waals surface area contributed by atoms with E-state index in [1.54, 1.807) is 6.07 Å². The van der Waals surface area contributed by atoms with Crippen molar-refractivity contribution in [1.82, 2.24) is 0 Å². The Morgan fingerprint density at radius 3 is 2.23 bits per heavy atom. The predicted molar refractivity (Wildman–Crippen MR) is 91.2 cm³/mol. The normalized spacial score (nSPS) is 16.0. The Labute approximate surface area is 140 Å². The summed E-state index contributed by atoms with van der Waals surface area (Å²) < 4.78 is 0. The first-order chi connectivity index (χ1) is 10.6. The smallest absolute Gasteiger partial charge is 0.138 e. The zero-order valence-electron chi connectivity index (χ0n) is 12.2. The highest BCUT2D eigenvalue weighted by atomic mass is 35.5. The van der Waals surface area contributed by atoms with Crippen LogP contribution in [0.5, 0.6) is 5.75 Å². The van der Waals surface area contributed by atoms with Gasteiger partial charge >= 0.3 is 0 Å². The van der Waals surface area contributed by atoms with Crippen LogP contribution in [0.4, 0.5) is 5.69 Å². The van der Waals surface area contributed by atoms with Crippen LogP contribution in [0.15, 0.2) is 42.5 Å². The number of benzene rings is 2. The quantitative estimate of drug-likeness (QED) is 0.901. The van der Waals surface area contributed by atoms with Gasteiger partial charge < -0.3 is 14.9 Å². The van der Waals surface area contributed by atoms with E-state index in [1.807, 2.05) is 36.4 Å². The van der Waals surface area contributed by atoms with E-state index >= 15 is 0 Å². The number of anilines is 1. The Balaban J connectivity index is 1.64. The van der Waals surface area contributed by atoms with E-state index in [2.05, 4.69) is 4.90 Å². The number of nitrogens with one attached hydrogen (secondary N) is 1. The van der Waals surface area contributed by atoms with Gasteiger partial charge in [0.15, 0.2) is 0 Å². The number of phenols is 1. The van der Waals surface area contributed by atoms with Crippen molar-refractivity contribution in [3.05, 3.63) is 58.1 Å². The molecule has 0 amide bonds. The monoisotopic (exact) mass is 337 g/mol. The van der Waals surface area contributed by atoms with E-state index in [0.29, 0.717) is 5.75 Å². The molecule has 0 bridgehead atoms. The molecule has 0 aromatic heterocycles. The molecule has 22 heavy (non-hydrogen) atoms. The van der Waals surface area contributed by atoms with Gasteiger partial charge in [0.05, 0.1) is 41.9 Å². The number of phenolic OH excluding ortho intramolecular Hbond substituents is 1. The van der Waals surface area contributed by atoms with Gasteiger partial charge in [-0.05, 0) is 24.3 Å². The van der Waals surface area contributed by atoms with Crippen molar-refractivity contribution >= 4 is 28.9 Å². The molecule has 1 aliphatic rings. The lowest BCUT2D eigenvalue weighted by Crippen LogP contribution is -3.13. The second-order valence-electron chi connectivity index (χ2n) is 5.60. The van der Waals surface area contributed by atoms with Crippen LogP contribution in [0, 0.1) is 0 Å². The van der Waals surface area contributed by atoms with Crippen LogP contribution in [0.1, 0.15) is 5.56 Å². The van der Waals surface area contributed by atoms with Crippen molar-refractivity contribution in [3.8, 4) is 5.75 Å². The largest absolute Gasteiger partial charge is 0.506 e. The van der Waals surface area contributed by atoms with E-state index in [9.17, 15) is 5.11 Å². The number of nitrogens with zero attached hydrogens (tertiary/aromatic N) is 1. The number of halogens is 2. The maximum Gasteiger partial charge on any atom is 0.138 e. The molecule has 2 aromatic carbocycles. The fraction of sp³-hybridized carbons (Fsp3) is 0.294. The minimum atomic E-state index is 0.347. The van der Waals surface area contributed by atoms with E-state index in [4.69, 9.17) is 23.2 Å². The molecule has 0 aliphatic carbocycles. The number of hydrogen-bond acceptors (Lipinski definition) is 2. The molecular formula is C17H19Cl2N2O+. The third kappa shape index (κ3) is 3.32. The van der Waals surface area contributed by atoms with E-state index < -0.39 is 0 Å². The molecule has 1 aliphatic heterocycles. The van der Waals surface area contributed by atoms with E-state index in [-0.39, 0.29) is 0 Å². The van der Waals surface area contributed by atoms with Gasteiger partial charge in [0.25, 0.3) is 0 Å². The summed E-state index contributed by atoms with van der Waals surface area (Å²) in [4.78, 5) is 3.69. The Morgan fingerprint density at radius 2 is 1.59 bits per heavy atom. The first-order valence-corrected chi connectivity index (χ1v) is 8.20. The summed E-state index contributed by atoms with van der Waals surface area (Å²) in [6, 6.07) is 13.2. The minimum Gasteiger partial charge on any atom is -0.506 e. The summed E-state index contributed by atoms with van der Waals surface area (Å²) in [5.41, 5.74) is 1.94. The molecule has 3 nitrogen and oxygen atoms in total. The van der Waals surface area contributed by atoms with Crippen LogP contribution in [-0.4, -0.2) is 31.3 Å². The lowest BCUT2D eigenvalue weighted by Gasteiger charge is -2.34. The van der Waals surface area contributed by atoms with Crippen molar-refractivity contribution in [3.63, 3.8) is 0 Å². The van der Waals surface area contributed by atoms with Gasteiger partial charge in [0.1, 0.15) is 12.3 Å². The van der Waals surface area contributed by atoms with E-state index in [0.717, 1.165) is 54.0 Å². The van der Waals surface area contributed by atoms with Crippen molar-refractivity contribution in [2.24, 2.45) is 0 Å². The average Bonchev–Trinajstić information content (AvgIpc) is 2.52. The van der Waals surface area contributed by atoms with Crippen molar-refractivity contribution in [2.75, 3.05) is 31.1 Å². The van der Waals surface area contributed by atoms with Gasteiger partial charge in [-0.2, -0.15) is 0 Å². The zero-order valence-corrected chi connectivity index (χ0v) is 13.7. The highest BCUT2D eigenvalue weighted by Crippen LogP contribution is 2.26. The minimum absolute atomic E-state index is 0.347. The number of aromatic hydroxyl groups is 1. The van der Waals surface area contributed by atoms with Gasteiger partial charge in [0.2, 0.25) is 0 Å². The molecule has 116 valence electrons. The average molecular weight is 338 g/mol. The van der Waals surface area contributed by atoms with Gasteiger partial charge in [-0.1, -0.05) is 41.4 Å². The molecule has 1 saturated heterocycles. The lowest BCUT2D eigenvalue weighted by atomic mass is 10.2. The molecule has 1 fully saturated rings. The molecule has 0 atom stereocenters. The number of quaternary nitrogens is 1. The Bertz CT molecular complexity index is 635. The van der Waals surface area contributed by atoms with Crippen molar-refractivity contribution in [2.45, 2.75) is 6.54 Å².